The van der Waals surface area contributed by atoms with Gasteiger partial charge in [-0.05, 0) is 13.0 Å². The molecule has 0 aliphatic heterocycles. The molecule has 2 heterocycles. The van der Waals surface area contributed by atoms with Gasteiger partial charge in [-0.15, -0.1) is 0 Å². The van der Waals surface area contributed by atoms with Crippen LogP contribution in [-0.4, -0.2) is 25.1 Å². The van der Waals surface area contributed by atoms with Crippen LogP contribution in [-0.2, 0) is 0 Å². The zero-order valence-electron chi connectivity index (χ0n) is 9.43. The lowest BCUT2D eigenvalue weighted by molar-refractivity contribution is 0.622. The number of aromatic nitrogens is 5. The van der Waals surface area contributed by atoms with E-state index in [-0.39, 0.29) is 11.0 Å². The standard InChI is InChI=1S/C11H9ClFN5/c1-7-3-16-17-6-15-11(18-10(7)12)8-2-9(13)5-14-4-8/h2-6,16H,1H3. The van der Waals surface area contributed by atoms with E-state index in [4.69, 9.17) is 11.6 Å². The highest BCUT2D eigenvalue weighted by Crippen LogP contribution is 2.15. The van der Waals surface area contributed by atoms with Crippen molar-refractivity contribution in [2.24, 2.45) is 0 Å². The quantitative estimate of drug-likeness (QED) is 0.860. The molecule has 2 aromatic heterocycles. The molecule has 0 amide bonds. The van der Waals surface area contributed by atoms with Crippen LogP contribution in [0.25, 0.3) is 11.4 Å². The molecular weight excluding hydrogens is 257 g/mol. The summed E-state index contributed by atoms with van der Waals surface area (Å²) in [5.41, 5.74) is 1.11. The normalized spacial score (nSPS) is 9.94. The minimum atomic E-state index is -0.469. The fourth-order valence-electron chi connectivity index (χ4n) is 1.19. The van der Waals surface area contributed by atoms with Gasteiger partial charge in [0.2, 0.25) is 0 Å². The molecule has 1 N–H and O–H groups in total. The molecule has 0 aromatic carbocycles. The minimum Gasteiger partial charge on any atom is -0.284 e. The summed E-state index contributed by atoms with van der Waals surface area (Å²) in [5, 5.41) is 6.67. The van der Waals surface area contributed by atoms with Gasteiger partial charge in [-0.1, -0.05) is 11.6 Å². The van der Waals surface area contributed by atoms with Crippen LogP contribution in [0.5, 0.6) is 0 Å². The second-order valence-corrected chi connectivity index (χ2v) is 3.81. The largest absolute Gasteiger partial charge is 0.284 e. The van der Waals surface area contributed by atoms with Gasteiger partial charge in [0.15, 0.2) is 5.82 Å². The van der Waals surface area contributed by atoms with Crippen molar-refractivity contribution in [1.82, 2.24) is 25.1 Å². The Kier molecular flexibility index (Phi) is 3.78. The Morgan fingerprint density at radius 3 is 2.94 bits per heavy atom. The van der Waals surface area contributed by atoms with E-state index < -0.39 is 5.82 Å². The van der Waals surface area contributed by atoms with Gasteiger partial charge in [0.05, 0.1) is 6.20 Å². The fraction of sp³-hybridized carbons (Fsp3) is 0.0909. The highest BCUT2D eigenvalue weighted by molar-refractivity contribution is 6.30. The van der Waals surface area contributed by atoms with Gasteiger partial charge in [-0.25, -0.2) is 14.4 Å². The molecular formula is C11H9ClFN5. The van der Waals surface area contributed by atoms with Crippen molar-refractivity contribution >= 4 is 11.6 Å². The average molecular weight is 266 g/mol. The van der Waals surface area contributed by atoms with Gasteiger partial charge in [-0.2, -0.15) is 5.10 Å². The van der Waals surface area contributed by atoms with E-state index in [1.807, 2.05) is 0 Å². The van der Waals surface area contributed by atoms with E-state index in [1.165, 1.54) is 18.6 Å². The molecule has 0 bridgehead atoms. The fourth-order valence-corrected chi connectivity index (χ4v) is 1.33. The Morgan fingerprint density at radius 1 is 1.33 bits per heavy atom. The van der Waals surface area contributed by atoms with Crippen LogP contribution < -0.4 is 0 Å². The second kappa shape index (κ2) is 5.50. The van der Waals surface area contributed by atoms with Crippen molar-refractivity contribution in [2.45, 2.75) is 6.92 Å². The average Bonchev–Trinajstić information content (AvgIpc) is 2.43. The Labute approximate surface area is 107 Å². The lowest BCUT2D eigenvalue weighted by Gasteiger charge is -1.97. The van der Waals surface area contributed by atoms with Crippen molar-refractivity contribution in [1.29, 1.82) is 0 Å². The number of H-pyrrole nitrogens is 1. The summed E-state index contributed by atoms with van der Waals surface area (Å²) < 4.78 is 13.1. The summed E-state index contributed by atoms with van der Waals surface area (Å²) >= 11 is 5.99. The van der Waals surface area contributed by atoms with Crippen molar-refractivity contribution < 1.29 is 4.39 Å². The highest BCUT2D eigenvalue weighted by Gasteiger charge is 2.03. The molecule has 0 radical (unpaired) electrons. The molecule has 7 heteroatoms. The molecule has 2 aromatic rings. The van der Waals surface area contributed by atoms with E-state index in [0.29, 0.717) is 11.1 Å². The summed E-state index contributed by atoms with van der Waals surface area (Å²) in [7, 11) is 0. The van der Waals surface area contributed by atoms with Crippen molar-refractivity contribution in [3.05, 3.63) is 47.5 Å². The third-order valence-electron chi connectivity index (χ3n) is 2.09. The number of halogens is 2. The SMILES string of the molecule is Cc1c[nH]ncnc(-c2cncc(F)c2)nc1Cl. The maximum Gasteiger partial charge on any atom is 0.164 e. The first kappa shape index (κ1) is 12.4. The minimum absolute atomic E-state index is 0.243. The molecule has 5 nitrogen and oxygen atoms in total. The van der Waals surface area contributed by atoms with Gasteiger partial charge in [0.1, 0.15) is 17.3 Å². The number of hydrogen-bond acceptors (Lipinski definition) is 4. The smallest absolute Gasteiger partial charge is 0.164 e. The number of pyridine rings is 1. The van der Waals surface area contributed by atoms with Crippen LogP contribution in [0.1, 0.15) is 5.56 Å². The third kappa shape index (κ3) is 2.98. The third-order valence-corrected chi connectivity index (χ3v) is 2.47. The van der Waals surface area contributed by atoms with Gasteiger partial charge in [0, 0.05) is 23.5 Å². The lowest BCUT2D eigenvalue weighted by atomic mass is 10.2. The molecule has 0 aliphatic carbocycles. The molecule has 0 spiro atoms. The number of hydrogen-bond donors (Lipinski definition) is 1. The topological polar surface area (TPSA) is 67.3 Å². The molecule has 92 valence electrons. The summed E-state index contributed by atoms with van der Waals surface area (Å²) in [6.07, 6.45) is 5.41. The zero-order valence-corrected chi connectivity index (χ0v) is 10.2. The number of aryl methyl sites for hydroxylation is 1. The number of rotatable bonds is 1. The van der Waals surface area contributed by atoms with E-state index in [0.717, 1.165) is 6.20 Å². The van der Waals surface area contributed by atoms with E-state index in [9.17, 15) is 4.39 Å². The van der Waals surface area contributed by atoms with Gasteiger partial charge in [0.25, 0.3) is 0 Å². The number of nitrogens with one attached hydrogen (secondary N) is 1. The summed E-state index contributed by atoms with van der Waals surface area (Å²) in [6.45, 7) is 1.76. The molecule has 0 saturated carbocycles. The van der Waals surface area contributed by atoms with Gasteiger partial charge >= 0.3 is 0 Å². The van der Waals surface area contributed by atoms with E-state index in [2.05, 4.69) is 25.1 Å². The number of aromatic amines is 1. The highest BCUT2D eigenvalue weighted by atomic mass is 35.5. The summed E-state index contributed by atoms with van der Waals surface area (Å²) in [6, 6.07) is 1.28. The Balaban J connectivity index is 2.65. The monoisotopic (exact) mass is 265 g/mol. The summed E-state index contributed by atoms with van der Waals surface area (Å²) in [4.78, 5) is 11.8. The molecule has 0 aliphatic rings. The first-order valence-electron chi connectivity index (χ1n) is 5.04. The Hall–Kier alpha value is -2.08. The van der Waals surface area contributed by atoms with Crippen molar-refractivity contribution in [3.8, 4) is 11.4 Å². The first-order chi connectivity index (χ1) is 8.66. The van der Waals surface area contributed by atoms with Gasteiger partial charge in [-0.3, -0.25) is 10.1 Å². The van der Waals surface area contributed by atoms with Crippen LogP contribution in [0.3, 0.4) is 0 Å². The van der Waals surface area contributed by atoms with Gasteiger partial charge < -0.3 is 0 Å². The maximum absolute atomic E-state index is 13.1. The predicted octanol–water partition coefficient (Wildman–Crippen LogP) is 2.49. The van der Waals surface area contributed by atoms with Crippen LogP contribution in [0.4, 0.5) is 4.39 Å². The number of nitrogens with zero attached hydrogens (tertiary/aromatic N) is 4. The Morgan fingerprint density at radius 2 is 2.17 bits per heavy atom. The predicted molar refractivity (Wildman–Crippen MR) is 64.7 cm³/mol. The molecule has 2 rings (SSSR count). The first-order valence-corrected chi connectivity index (χ1v) is 5.42. The lowest BCUT2D eigenvalue weighted by Crippen LogP contribution is -1.88. The molecule has 0 saturated heterocycles. The van der Waals surface area contributed by atoms with Crippen LogP contribution in [0.15, 0.2) is 31.0 Å². The van der Waals surface area contributed by atoms with Crippen LogP contribution >= 0.6 is 11.6 Å². The Bertz CT molecular complexity index is 612. The molecule has 0 fully saturated rings. The maximum atomic E-state index is 13.1. The van der Waals surface area contributed by atoms with Crippen molar-refractivity contribution in [3.63, 3.8) is 0 Å². The van der Waals surface area contributed by atoms with E-state index >= 15 is 0 Å². The molecule has 0 unspecified atom stereocenters. The molecule has 0 atom stereocenters. The van der Waals surface area contributed by atoms with E-state index in [1.54, 1.807) is 13.1 Å². The summed E-state index contributed by atoms with van der Waals surface area (Å²) in [5.74, 6) is -0.226. The van der Waals surface area contributed by atoms with Crippen LogP contribution in [0, 0.1) is 12.7 Å². The van der Waals surface area contributed by atoms with Crippen LogP contribution in [0.2, 0.25) is 5.15 Å². The zero-order chi connectivity index (χ0) is 13.0. The van der Waals surface area contributed by atoms with Crippen molar-refractivity contribution in [2.75, 3.05) is 0 Å². The molecule has 18 heavy (non-hydrogen) atoms. The second-order valence-electron chi connectivity index (χ2n) is 3.45.